The number of benzene rings is 1. The average Bonchev–Trinajstić information content (AvgIpc) is 2.84. The van der Waals surface area contributed by atoms with Gasteiger partial charge in [-0.05, 0) is 31.4 Å². The molecule has 1 aromatic heterocycles. The molecule has 0 saturated heterocycles. The fraction of sp³-hybridized carbons (Fsp3) is 0.467. The molecule has 1 unspecified atom stereocenters. The number of hydrogen-bond acceptors (Lipinski definition) is 3. The predicted molar refractivity (Wildman–Crippen MR) is 80.4 cm³/mol. The Morgan fingerprint density at radius 3 is 2.86 bits per heavy atom. The van der Waals surface area contributed by atoms with Crippen LogP contribution in [0.1, 0.15) is 37.6 Å². The second-order valence-corrected chi connectivity index (χ2v) is 6.07. The monoisotopic (exact) mass is 292 g/mol. The molecule has 2 rings (SSSR count). The molecule has 21 heavy (non-hydrogen) atoms. The van der Waals surface area contributed by atoms with Crippen molar-refractivity contribution >= 4 is 16.9 Å². The minimum Gasteiger partial charge on any atom is -0.346 e. The summed E-state index contributed by atoms with van der Waals surface area (Å²) in [5, 5.41) is 2.92. The van der Waals surface area contributed by atoms with Crippen LogP contribution in [0.4, 0.5) is 4.39 Å². The lowest BCUT2D eigenvalue weighted by Crippen LogP contribution is -2.52. The van der Waals surface area contributed by atoms with Crippen molar-refractivity contribution < 1.29 is 9.18 Å². The first-order valence-corrected chi connectivity index (χ1v) is 7.00. The van der Waals surface area contributed by atoms with E-state index in [9.17, 15) is 9.18 Å². The molecule has 4 N–H and O–H groups in total. The van der Waals surface area contributed by atoms with Gasteiger partial charge in [-0.15, -0.1) is 0 Å². The van der Waals surface area contributed by atoms with Gasteiger partial charge in [0.25, 0.3) is 5.91 Å². The molecule has 0 aliphatic heterocycles. The van der Waals surface area contributed by atoms with Crippen LogP contribution in [0.3, 0.4) is 0 Å². The van der Waals surface area contributed by atoms with E-state index in [2.05, 4.69) is 29.1 Å². The SMILES string of the molecule is CC(C)CC(C)(CN)NC(=O)c1cc(F)cc2[nH]cnc12. The number of fused-ring (bicyclic) bond motifs is 1. The lowest BCUT2D eigenvalue weighted by Gasteiger charge is -2.31. The molecule has 114 valence electrons. The van der Waals surface area contributed by atoms with E-state index in [1.54, 1.807) is 0 Å². The molecule has 1 atom stereocenters. The van der Waals surface area contributed by atoms with Gasteiger partial charge < -0.3 is 16.0 Å². The third-order valence-corrected chi connectivity index (χ3v) is 3.46. The Bertz CT molecular complexity index is 652. The number of aromatic nitrogens is 2. The largest absolute Gasteiger partial charge is 0.346 e. The molecule has 6 heteroatoms. The van der Waals surface area contributed by atoms with Gasteiger partial charge in [-0.25, -0.2) is 9.37 Å². The van der Waals surface area contributed by atoms with E-state index in [1.807, 2.05) is 6.92 Å². The third-order valence-electron chi connectivity index (χ3n) is 3.46. The van der Waals surface area contributed by atoms with Gasteiger partial charge in [-0.2, -0.15) is 0 Å². The van der Waals surface area contributed by atoms with Crippen LogP contribution in [0.15, 0.2) is 18.5 Å². The quantitative estimate of drug-likeness (QED) is 0.790. The van der Waals surface area contributed by atoms with E-state index >= 15 is 0 Å². The van der Waals surface area contributed by atoms with Gasteiger partial charge in [0.15, 0.2) is 0 Å². The number of carbonyl (C=O) groups is 1. The molecule has 5 nitrogen and oxygen atoms in total. The minimum atomic E-state index is -0.528. The number of carbonyl (C=O) groups excluding carboxylic acids is 1. The average molecular weight is 292 g/mol. The van der Waals surface area contributed by atoms with Crippen molar-refractivity contribution in [3.63, 3.8) is 0 Å². The summed E-state index contributed by atoms with van der Waals surface area (Å²) in [7, 11) is 0. The fourth-order valence-electron chi connectivity index (χ4n) is 2.62. The second-order valence-electron chi connectivity index (χ2n) is 6.07. The van der Waals surface area contributed by atoms with E-state index in [0.29, 0.717) is 23.5 Å². The van der Waals surface area contributed by atoms with Crippen LogP contribution in [-0.2, 0) is 0 Å². The van der Waals surface area contributed by atoms with Crippen LogP contribution >= 0.6 is 0 Å². The van der Waals surface area contributed by atoms with Gasteiger partial charge >= 0.3 is 0 Å². The van der Waals surface area contributed by atoms with Gasteiger partial charge in [-0.3, -0.25) is 4.79 Å². The van der Waals surface area contributed by atoms with Gasteiger partial charge in [-0.1, -0.05) is 13.8 Å². The van der Waals surface area contributed by atoms with Crippen LogP contribution in [-0.4, -0.2) is 28.0 Å². The number of amides is 1. The number of halogens is 1. The zero-order chi connectivity index (χ0) is 15.6. The molecule has 0 bridgehead atoms. The van der Waals surface area contributed by atoms with E-state index in [0.717, 1.165) is 6.42 Å². The van der Waals surface area contributed by atoms with Crippen molar-refractivity contribution in [1.29, 1.82) is 0 Å². The summed E-state index contributed by atoms with van der Waals surface area (Å²) in [5.41, 5.74) is 6.44. The van der Waals surface area contributed by atoms with Crippen LogP contribution < -0.4 is 11.1 Å². The van der Waals surface area contributed by atoms with Crippen molar-refractivity contribution in [2.75, 3.05) is 6.54 Å². The zero-order valence-electron chi connectivity index (χ0n) is 12.5. The van der Waals surface area contributed by atoms with Gasteiger partial charge in [0.05, 0.1) is 17.4 Å². The number of nitrogens with two attached hydrogens (primary N) is 1. The first-order valence-electron chi connectivity index (χ1n) is 7.00. The first kappa shape index (κ1) is 15.4. The molecule has 1 amide bonds. The number of aromatic amines is 1. The Balaban J connectivity index is 2.32. The molecule has 0 radical (unpaired) electrons. The molecule has 0 aliphatic rings. The third kappa shape index (κ3) is 3.39. The lowest BCUT2D eigenvalue weighted by atomic mass is 9.90. The summed E-state index contributed by atoms with van der Waals surface area (Å²) in [5.74, 6) is -0.452. The Morgan fingerprint density at radius 2 is 2.24 bits per heavy atom. The van der Waals surface area contributed by atoms with Gasteiger partial charge in [0.2, 0.25) is 0 Å². The second kappa shape index (κ2) is 5.81. The number of imidazole rings is 1. The molecule has 0 saturated carbocycles. The molecule has 1 aromatic carbocycles. The molecule has 2 aromatic rings. The van der Waals surface area contributed by atoms with Crippen LogP contribution in [0, 0.1) is 11.7 Å². The molecule has 0 aliphatic carbocycles. The van der Waals surface area contributed by atoms with Gasteiger partial charge in [0.1, 0.15) is 11.3 Å². The zero-order valence-corrected chi connectivity index (χ0v) is 12.5. The highest BCUT2D eigenvalue weighted by Crippen LogP contribution is 2.20. The van der Waals surface area contributed by atoms with Gasteiger partial charge in [0, 0.05) is 12.1 Å². The predicted octanol–water partition coefficient (Wildman–Crippen LogP) is 2.20. The number of rotatable bonds is 5. The topological polar surface area (TPSA) is 83.8 Å². The number of hydrogen-bond donors (Lipinski definition) is 3. The molecule has 0 spiro atoms. The van der Waals surface area contributed by atoms with Crippen LogP contribution in [0.5, 0.6) is 0 Å². The summed E-state index contributed by atoms with van der Waals surface area (Å²) >= 11 is 0. The van der Waals surface area contributed by atoms with Crippen LogP contribution in [0.25, 0.3) is 11.0 Å². The Kier molecular flexibility index (Phi) is 4.27. The maximum atomic E-state index is 13.6. The number of nitrogens with zero attached hydrogens (tertiary/aromatic N) is 1. The highest BCUT2D eigenvalue weighted by molar-refractivity contribution is 6.05. The van der Waals surface area contributed by atoms with Crippen molar-refractivity contribution in [3.8, 4) is 0 Å². The Hall–Kier alpha value is -1.95. The minimum absolute atomic E-state index is 0.217. The molecule has 0 fully saturated rings. The van der Waals surface area contributed by atoms with Crippen LogP contribution in [0.2, 0.25) is 0 Å². The molecular formula is C15H21FN4O. The fourth-order valence-corrected chi connectivity index (χ4v) is 2.62. The van der Waals surface area contributed by atoms with E-state index in [4.69, 9.17) is 5.73 Å². The molecular weight excluding hydrogens is 271 g/mol. The standard InChI is InChI=1S/C15H21FN4O/c1-9(2)6-15(3,7-17)20-14(21)11-4-10(16)5-12-13(11)19-8-18-12/h4-5,8-9H,6-7,17H2,1-3H3,(H,18,19)(H,20,21). The summed E-state index contributed by atoms with van der Waals surface area (Å²) < 4.78 is 13.6. The summed E-state index contributed by atoms with van der Waals surface area (Å²) in [4.78, 5) is 19.4. The highest BCUT2D eigenvalue weighted by atomic mass is 19.1. The summed E-state index contributed by atoms with van der Waals surface area (Å²) in [6.45, 7) is 6.34. The smallest absolute Gasteiger partial charge is 0.254 e. The number of nitrogens with one attached hydrogen (secondary N) is 2. The maximum absolute atomic E-state index is 13.6. The normalized spacial score (nSPS) is 14.4. The maximum Gasteiger partial charge on any atom is 0.254 e. The first-order chi connectivity index (χ1) is 9.84. The summed E-state index contributed by atoms with van der Waals surface area (Å²) in [6, 6.07) is 2.51. The molecule has 1 heterocycles. The Labute approximate surface area is 123 Å². The summed E-state index contributed by atoms with van der Waals surface area (Å²) in [6.07, 6.45) is 2.19. The van der Waals surface area contributed by atoms with E-state index < -0.39 is 11.4 Å². The van der Waals surface area contributed by atoms with Crippen molar-refractivity contribution in [2.45, 2.75) is 32.7 Å². The van der Waals surface area contributed by atoms with Crippen molar-refractivity contribution in [2.24, 2.45) is 11.7 Å². The highest BCUT2D eigenvalue weighted by Gasteiger charge is 2.27. The van der Waals surface area contributed by atoms with E-state index in [-0.39, 0.29) is 11.5 Å². The van der Waals surface area contributed by atoms with Crippen molar-refractivity contribution in [1.82, 2.24) is 15.3 Å². The Morgan fingerprint density at radius 1 is 1.52 bits per heavy atom. The van der Waals surface area contributed by atoms with Crippen molar-refractivity contribution in [3.05, 3.63) is 29.8 Å². The van der Waals surface area contributed by atoms with E-state index in [1.165, 1.54) is 18.5 Å². The lowest BCUT2D eigenvalue weighted by molar-refractivity contribution is 0.0899. The number of H-pyrrole nitrogens is 1.